The van der Waals surface area contributed by atoms with Crippen LogP contribution in [0.4, 0.5) is 0 Å². The minimum Gasteiger partial charge on any atom is -0.357 e. The number of likely N-dealkylation sites (tertiary alicyclic amines) is 1. The third kappa shape index (κ3) is 7.97. The lowest BCUT2D eigenvalue weighted by Gasteiger charge is -2.32. The number of nitrogens with one attached hydrogen (secondary N) is 2. The predicted molar refractivity (Wildman–Crippen MR) is 94.6 cm³/mol. The Kier molecular flexibility index (Phi) is 11.7. The molecular formula is C14H31IN4. The van der Waals surface area contributed by atoms with Gasteiger partial charge in [-0.25, -0.2) is 0 Å². The molecule has 0 atom stereocenters. The highest BCUT2D eigenvalue weighted by Gasteiger charge is 2.18. The lowest BCUT2D eigenvalue weighted by molar-refractivity contribution is 0.206. The van der Waals surface area contributed by atoms with Gasteiger partial charge in [0.2, 0.25) is 0 Å². The van der Waals surface area contributed by atoms with Gasteiger partial charge in [0.05, 0.1) is 0 Å². The van der Waals surface area contributed by atoms with Crippen molar-refractivity contribution in [3.05, 3.63) is 0 Å². The fraction of sp³-hybridized carbons (Fsp3) is 0.929. The summed E-state index contributed by atoms with van der Waals surface area (Å²) in [7, 11) is 0. The van der Waals surface area contributed by atoms with Gasteiger partial charge in [0.1, 0.15) is 0 Å². The average molecular weight is 382 g/mol. The Morgan fingerprint density at radius 2 is 1.84 bits per heavy atom. The van der Waals surface area contributed by atoms with Crippen LogP contribution in [0.1, 0.15) is 46.5 Å². The molecule has 0 spiro atoms. The highest BCUT2D eigenvalue weighted by molar-refractivity contribution is 14.0. The molecule has 1 aliphatic heterocycles. The normalized spacial score (nSPS) is 17.9. The van der Waals surface area contributed by atoms with Gasteiger partial charge in [0.15, 0.2) is 5.96 Å². The van der Waals surface area contributed by atoms with Gasteiger partial charge in [-0.05, 0) is 39.2 Å². The van der Waals surface area contributed by atoms with Gasteiger partial charge in [-0.2, -0.15) is 0 Å². The molecular weight excluding hydrogens is 351 g/mol. The summed E-state index contributed by atoms with van der Waals surface area (Å²) in [5.74, 6) is 0.994. The van der Waals surface area contributed by atoms with Crippen LogP contribution in [0.15, 0.2) is 4.99 Å². The highest BCUT2D eigenvalue weighted by Crippen LogP contribution is 2.10. The molecule has 0 bridgehead atoms. The monoisotopic (exact) mass is 382 g/mol. The first-order valence-corrected chi connectivity index (χ1v) is 7.57. The Morgan fingerprint density at radius 3 is 2.37 bits per heavy atom. The molecule has 19 heavy (non-hydrogen) atoms. The molecule has 0 unspecified atom stereocenters. The third-order valence-corrected chi connectivity index (χ3v) is 3.31. The van der Waals surface area contributed by atoms with E-state index < -0.39 is 0 Å². The standard InChI is InChI=1S/C14H30N4.HI/c1-4-9-16-14(15-6-3)17-13-7-11-18(10-5-2)12-8-13;/h13H,4-12H2,1-3H3,(H2,15,16,17);1H. The molecule has 0 amide bonds. The zero-order valence-electron chi connectivity index (χ0n) is 12.7. The summed E-state index contributed by atoms with van der Waals surface area (Å²) in [5, 5.41) is 6.89. The van der Waals surface area contributed by atoms with Crippen molar-refractivity contribution in [3.8, 4) is 0 Å². The molecule has 0 aromatic rings. The zero-order chi connectivity index (χ0) is 13.2. The largest absolute Gasteiger partial charge is 0.357 e. The Morgan fingerprint density at radius 1 is 1.16 bits per heavy atom. The Bertz CT molecular complexity index is 238. The Balaban J connectivity index is 0.00000324. The molecule has 1 saturated heterocycles. The predicted octanol–water partition coefficient (Wildman–Crippen LogP) is 2.44. The average Bonchev–Trinajstić information content (AvgIpc) is 2.39. The number of nitrogens with zero attached hydrogens (tertiary/aromatic N) is 2. The first-order valence-electron chi connectivity index (χ1n) is 7.57. The number of rotatable bonds is 6. The SMILES string of the molecule is CCCN=C(NCC)NC1CCN(CCC)CC1.I. The zero-order valence-corrected chi connectivity index (χ0v) is 15.1. The first kappa shape index (κ1) is 19.0. The van der Waals surface area contributed by atoms with Crippen LogP contribution >= 0.6 is 24.0 Å². The van der Waals surface area contributed by atoms with Crippen LogP contribution in [0, 0.1) is 0 Å². The number of piperidine rings is 1. The molecule has 0 aliphatic carbocycles. The molecule has 0 aromatic carbocycles. The van der Waals surface area contributed by atoms with Gasteiger partial charge < -0.3 is 15.5 Å². The van der Waals surface area contributed by atoms with Gasteiger partial charge in [0.25, 0.3) is 0 Å². The number of hydrogen-bond donors (Lipinski definition) is 2. The molecule has 1 heterocycles. The minimum atomic E-state index is 0. The summed E-state index contributed by atoms with van der Waals surface area (Å²) >= 11 is 0. The van der Waals surface area contributed by atoms with E-state index >= 15 is 0 Å². The molecule has 0 saturated carbocycles. The molecule has 4 nitrogen and oxygen atoms in total. The van der Waals surface area contributed by atoms with Crippen LogP contribution in [0.3, 0.4) is 0 Å². The summed E-state index contributed by atoms with van der Waals surface area (Å²) in [4.78, 5) is 7.13. The summed E-state index contributed by atoms with van der Waals surface area (Å²) in [6.07, 6.45) is 4.83. The number of hydrogen-bond acceptors (Lipinski definition) is 2. The molecule has 1 rings (SSSR count). The lowest BCUT2D eigenvalue weighted by atomic mass is 10.1. The van der Waals surface area contributed by atoms with E-state index in [-0.39, 0.29) is 24.0 Å². The fourth-order valence-corrected chi connectivity index (χ4v) is 2.35. The van der Waals surface area contributed by atoms with Crippen molar-refractivity contribution in [2.24, 2.45) is 4.99 Å². The third-order valence-electron chi connectivity index (χ3n) is 3.31. The van der Waals surface area contributed by atoms with E-state index in [0.717, 1.165) is 25.5 Å². The maximum atomic E-state index is 4.56. The molecule has 1 fully saturated rings. The molecule has 0 aromatic heterocycles. The van der Waals surface area contributed by atoms with Crippen LogP contribution in [0.2, 0.25) is 0 Å². The van der Waals surface area contributed by atoms with Crippen molar-refractivity contribution in [2.75, 3.05) is 32.7 Å². The second-order valence-electron chi connectivity index (χ2n) is 5.02. The van der Waals surface area contributed by atoms with Gasteiger partial charge in [-0.3, -0.25) is 4.99 Å². The van der Waals surface area contributed by atoms with E-state index in [1.165, 1.54) is 38.9 Å². The molecule has 114 valence electrons. The van der Waals surface area contributed by atoms with Crippen LogP contribution < -0.4 is 10.6 Å². The van der Waals surface area contributed by atoms with Crippen molar-refractivity contribution in [3.63, 3.8) is 0 Å². The summed E-state index contributed by atoms with van der Waals surface area (Å²) in [6, 6.07) is 0.591. The fourth-order valence-electron chi connectivity index (χ4n) is 2.35. The van der Waals surface area contributed by atoms with Crippen LogP contribution in [0.25, 0.3) is 0 Å². The summed E-state index contributed by atoms with van der Waals surface area (Å²) in [6.45, 7) is 12.1. The molecule has 0 radical (unpaired) electrons. The van der Waals surface area contributed by atoms with E-state index in [1.54, 1.807) is 0 Å². The van der Waals surface area contributed by atoms with Gasteiger partial charge in [-0.15, -0.1) is 24.0 Å². The first-order chi connectivity index (χ1) is 8.80. The van der Waals surface area contributed by atoms with Crippen molar-refractivity contribution < 1.29 is 0 Å². The smallest absolute Gasteiger partial charge is 0.191 e. The number of aliphatic imine (C=N–C) groups is 1. The van der Waals surface area contributed by atoms with Crippen LogP contribution in [0.5, 0.6) is 0 Å². The molecule has 5 heteroatoms. The topological polar surface area (TPSA) is 39.7 Å². The summed E-state index contributed by atoms with van der Waals surface area (Å²) < 4.78 is 0. The highest BCUT2D eigenvalue weighted by atomic mass is 127. The van der Waals surface area contributed by atoms with E-state index in [1.807, 2.05) is 0 Å². The quantitative estimate of drug-likeness (QED) is 0.421. The van der Waals surface area contributed by atoms with E-state index in [4.69, 9.17) is 0 Å². The van der Waals surface area contributed by atoms with Gasteiger partial charge in [-0.1, -0.05) is 13.8 Å². The Hall–Kier alpha value is -0.0400. The second-order valence-corrected chi connectivity index (χ2v) is 5.02. The number of guanidine groups is 1. The van der Waals surface area contributed by atoms with E-state index in [2.05, 4.69) is 41.3 Å². The van der Waals surface area contributed by atoms with Crippen molar-refractivity contribution in [2.45, 2.75) is 52.5 Å². The van der Waals surface area contributed by atoms with Gasteiger partial charge in [0, 0.05) is 32.2 Å². The van der Waals surface area contributed by atoms with Crippen molar-refractivity contribution >= 4 is 29.9 Å². The maximum absolute atomic E-state index is 4.56. The van der Waals surface area contributed by atoms with Crippen LogP contribution in [-0.4, -0.2) is 49.6 Å². The summed E-state index contributed by atoms with van der Waals surface area (Å²) in [5.41, 5.74) is 0. The number of halogens is 1. The lowest BCUT2D eigenvalue weighted by Crippen LogP contribution is -2.48. The Labute approximate surface area is 135 Å². The minimum absolute atomic E-state index is 0. The van der Waals surface area contributed by atoms with Crippen LogP contribution in [-0.2, 0) is 0 Å². The maximum Gasteiger partial charge on any atom is 0.191 e. The van der Waals surface area contributed by atoms with E-state index in [9.17, 15) is 0 Å². The van der Waals surface area contributed by atoms with Crippen molar-refractivity contribution in [1.29, 1.82) is 0 Å². The van der Waals surface area contributed by atoms with Gasteiger partial charge >= 0.3 is 0 Å². The second kappa shape index (κ2) is 11.8. The van der Waals surface area contributed by atoms with E-state index in [0.29, 0.717) is 6.04 Å². The molecule has 2 N–H and O–H groups in total. The molecule has 1 aliphatic rings. The van der Waals surface area contributed by atoms with Crippen molar-refractivity contribution in [1.82, 2.24) is 15.5 Å².